The first-order valence-corrected chi connectivity index (χ1v) is 8.16. The number of nitrogens with two attached hydrogens (primary N) is 1. The molecular weight excluding hydrogens is 260 g/mol. The molecule has 2 aliphatic carbocycles. The van der Waals surface area contributed by atoms with Crippen molar-refractivity contribution in [1.29, 1.82) is 0 Å². The van der Waals surface area contributed by atoms with Gasteiger partial charge in [0.2, 0.25) is 10.0 Å². The van der Waals surface area contributed by atoms with Crippen molar-refractivity contribution in [2.45, 2.75) is 36.5 Å². The first-order valence-electron chi connectivity index (χ1n) is 6.66. The number of hydrogen-bond acceptors (Lipinski definition) is 3. The Balaban J connectivity index is 1.96. The minimum Gasteiger partial charge on any atom is -0.321 e. The van der Waals surface area contributed by atoms with Crippen molar-refractivity contribution >= 4 is 20.9 Å². The Morgan fingerprint density at radius 2 is 1.95 bits per heavy atom. The first kappa shape index (κ1) is 11.5. The van der Waals surface area contributed by atoms with Gasteiger partial charge in [0.25, 0.3) is 0 Å². The van der Waals surface area contributed by atoms with E-state index in [-0.39, 0.29) is 10.8 Å². The largest absolute Gasteiger partial charge is 0.321 e. The molecule has 0 amide bonds. The zero-order chi connectivity index (χ0) is 13.3. The van der Waals surface area contributed by atoms with Gasteiger partial charge in [-0.25, -0.2) is 12.4 Å². The number of fused-ring (bicyclic) bond motifs is 1. The molecule has 0 spiro atoms. The van der Waals surface area contributed by atoms with Crippen LogP contribution in [0.2, 0.25) is 0 Å². The molecule has 0 aliphatic heterocycles. The number of nitrogens with zero attached hydrogens (tertiary/aromatic N) is 1. The lowest BCUT2D eigenvalue weighted by Crippen LogP contribution is -2.19. The summed E-state index contributed by atoms with van der Waals surface area (Å²) in [6.45, 7) is 0. The fraction of sp³-hybridized carbons (Fsp3) is 0.429. The second kappa shape index (κ2) is 3.41. The van der Waals surface area contributed by atoms with E-state index < -0.39 is 10.0 Å². The Kier molecular flexibility index (Phi) is 2.06. The van der Waals surface area contributed by atoms with Gasteiger partial charge in [0.05, 0.1) is 10.8 Å². The maximum Gasteiger partial charge on any atom is 0.241 e. The average molecular weight is 276 g/mol. The van der Waals surface area contributed by atoms with Crippen LogP contribution in [0.3, 0.4) is 0 Å². The van der Waals surface area contributed by atoms with E-state index in [9.17, 15) is 8.42 Å². The predicted octanol–water partition coefficient (Wildman–Crippen LogP) is 1.93. The molecular formula is C14H16N2O2S. The van der Waals surface area contributed by atoms with Gasteiger partial charge in [-0.2, -0.15) is 0 Å². The lowest BCUT2D eigenvalue weighted by Gasteiger charge is -2.12. The number of rotatable bonds is 3. The maximum atomic E-state index is 12.4. The molecule has 19 heavy (non-hydrogen) atoms. The molecule has 100 valence electrons. The van der Waals surface area contributed by atoms with Crippen LogP contribution in [0, 0.1) is 0 Å². The normalized spacial score (nSPS) is 21.7. The van der Waals surface area contributed by atoms with E-state index in [0.29, 0.717) is 0 Å². The van der Waals surface area contributed by atoms with Crippen LogP contribution in [0.1, 0.15) is 31.2 Å². The second-order valence-corrected chi connectivity index (χ2v) is 7.84. The van der Waals surface area contributed by atoms with Gasteiger partial charge in [-0.1, -0.05) is 12.1 Å². The van der Waals surface area contributed by atoms with Crippen LogP contribution in [-0.4, -0.2) is 17.6 Å². The van der Waals surface area contributed by atoms with E-state index in [1.165, 1.54) is 3.97 Å². The molecule has 0 atom stereocenters. The highest BCUT2D eigenvalue weighted by atomic mass is 32.2. The average Bonchev–Trinajstić information content (AvgIpc) is 3.28. The van der Waals surface area contributed by atoms with Gasteiger partial charge in [0.1, 0.15) is 0 Å². The fourth-order valence-corrected chi connectivity index (χ4v) is 4.45. The van der Waals surface area contributed by atoms with Crippen LogP contribution in [-0.2, 0) is 15.6 Å². The highest BCUT2D eigenvalue weighted by Crippen LogP contribution is 2.45. The summed E-state index contributed by atoms with van der Waals surface area (Å²) in [5, 5.41) is 0.784. The quantitative estimate of drug-likeness (QED) is 0.931. The Morgan fingerprint density at radius 1 is 1.21 bits per heavy atom. The number of hydrogen-bond donors (Lipinski definition) is 1. The van der Waals surface area contributed by atoms with Crippen molar-refractivity contribution in [3.8, 4) is 0 Å². The highest BCUT2D eigenvalue weighted by Gasteiger charge is 2.42. The predicted molar refractivity (Wildman–Crippen MR) is 74.4 cm³/mol. The highest BCUT2D eigenvalue weighted by molar-refractivity contribution is 7.91. The van der Waals surface area contributed by atoms with Crippen molar-refractivity contribution in [3.05, 3.63) is 36.0 Å². The van der Waals surface area contributed by atoms with Crippen molar-refractivity contribution in [1.82, 2.24) is 3.97 Å². The van der Waals surface area contributed by atoms with Crippen LogP contribution in [0.15, 0.2) is 30.5 Å². The SMILES string of the molecule is NC1(c2cccc3c2ccn3S(=O)(=O)C2CC2)CC1. The van der Waals surface area contributed by atoms with Crippen LogP contribution in [0.5, 0.6) is 0 Å². The fourth-order valence-electron chi connectivity index (χ4n) is 2.73. The van der Waals surface area contributed by atoms with E-state index in [0.717, 1.165) is 42.1 Å². The van der Waals surface area contributed by atoms with Crippen molar-refractivity contribution in [3.63, 3.8) is 0 Å². The molecule has 4 nitrogen and oxygen atoms in total. The van der Waals surface area contributed by atoms with E-state index >= 15 is 0 Å². The molecule has 1 aromatic carbocycles. The van der Waals surface area contributed by atoms with Crippen LogP contribution < -0.4 is 5.73 Å². The molecule has 5 heteroatoms. The van der Waals surface area contributed by atoms with Gasteiger partial charge in [-0.3, -0.25) is 0 Å². The van der Waals surface area contributed by atoms with Crippen LogP contribution >= 0.6 is 0 Å². The Hall–Kier alpha value is -1.33. The second-order valence-electron chi connectivity index (χ2n) is 5.75. The number of aromatic nitrogens is 1. The lowest BCUT2D eigenvalue weighted by molar-refractivity contribution is 0.587. The molecule has 2 aromatic rings. The molecule has 1 aromatic heterocycles. The molecule has 0 bridgehead atoms. The minimum absolute atomic E-state index is 0.195. The molecule has 0 saturated heterocycles. The molecule has 0 radical (unpaired) electrons. The maximum absolute atomic E-state index is 12.4. The third-order valence-electron chi connectivity index (χ3n) is 4.24. The summed E-state index contributed by atoms with van der Waals surface area (Å²) in [4.78, 5) is 0. The number of benzene rings is 1. The molecule has 2 fully saturated rings. The van der Waals surface area contributed by atoms with E-state index in [2.05, 4.69) is 0 Å². The van der Waals surface area contributed by atoms with Gasteiger partial charge >= 0.3 is 0 Å². The standard InChI is InChI=1S/C14H16N2O2S/c15-14(7-8-14)12-2-1-3-13-11(12)6-9-16(13)19(17,18)10-4-5-10/h1-3,6,9-10H,4-5,7-8,15H2. The van der Waals surface area contributed by atoms with Crippen LogP contribution in [0.25, 0.3) is 10.9 Å². The monoisotopic (exact) mass is 276 g/mol. The van der Waals surface area contributed by atoms with Gasteiger partial charge in [0.15, 0.2) is 0 Å². The van der Waals surface area contributed by atoms with Gasteiger partial charge in [-0.05, 0) is 43.4 Å². The zero-order valence-electron chi connectivity index (χ0n) is 10.5. The Labute approximate surface area is 112 Å². The third-order valence-corrected chi connectivity index (χ3v) is 6.42. The summed E-state index contributed by atoms with van der Waals surface area (Å²) in [7, 11) is -3.22. The molecule has 2 N–H and O–H groups in total. The van der Waals surface area contributed by atoms with Gasteiger partial charge in [0, 0.05) is 17.1 Å². The summed E-state index contributed by atoms with van der Waals surface area (Å²) in [5.74, 6) is 0. The summed E-state index contributed by atoms with van der Waals surface area (Å²) < 4.78 is 26.2. The summed E-state index contributed by atoms with van der Waals surface area (Å²) in [5.41, 5.74) is 7.87. The van der Waals surface area contributed by atoms with E-state index in [1.54, 1.807) is 6.20 Å². The van der Waals surface area contributed by atoms with E-state index in [1.807, 2.05) is 24.3 Å². The Morgan fingerprint density at radius 3 is 2.58 bits per heavy atom. The topological polar surface area (TPSA) is 65.1 Å². The summed E-state index contributed by atoms with van der Waals surface area (Å²) >= 11 is 0. The molecule has 2 saturated carbocycles. The minimum atomic E-state index is -3.22. The van der Waals surface area contributed by atoms with Crippen molar-refractivity contribution < 1.29 is 8.42 Å². The smallest absolute Gasteiger partial charge is 0.241 e. The van der Waals surface area contributed by atoms with E-state index in [4.69, 9.17) is 5.73 Å². The third kappa shape index (κ3) is 1.58. The lowest BCUT2D eigenvalue weighted by atomic mass is 10.0. The molecule has 0 unspecified atom stereocenters. The molecule has 2 aliphatic rings. The summed E-state index contributed by atoms with van der Waals surface area (Å²) in [6.07, 6.45) is 5.19. The Bertz CT molecular complexity index is 768. The van der Waals surface area contributed by atoms with Gasteiger partial charge < -0.3 is 5.73 Å². The zero-order valence-corrected chi connectivity index (χ0v) is 11.4. The summed E-state index contributed by atoms with van der Waals surface area (Å²) in [6, 6.07) is 7.68. The first-order chi connectivity index (χ1) is 9.02. The molecule has 1 heterocycles. The van der Waals surface area contributed by atoms with Crippen molar-refractivity contribution in [2.75, 3.05) is 0 Å². The van der Waals surface area contributed by atoms with Crippen LogP contribution in [0.4, 0.5) is 0 Å². The van der Waals surface area contributed by atoms with Crippen molar-refractivity contribution in [2.24, 2.45) is 5.73 Å². The molecule has 4 rings (SSSR count). The van der Waals surface area contributed by atoms with Gasteiger partial charge in [-0.15, -0.1) is 0 Å².